The van der Waals surface area contributed by atoms with Gasteiger partial charge in [-0.2, -0.15) is 0 Å². The van der Waals surface area contributed by atoms with Crippen LogP contribution in [0.15, 0.2) is 0 Å². The zero-order chi connectivity index (χ0) is 10.9. The van der Waals surface area contributed by atoms with Crippen molar-refractivity contribution in [1.82, 2.24) is 10.2 Å². The fourth-order valence-corrected chi connectivity index (χ4v) is 2.12. The summed E-state index contributed by atoms with van der Waals surface area (Å²) in [6.07, 6.45) is 1.02. The third kappa shape index (κ3) is 2.04. The van der Waals surface area contributed by atoms with Gasteiger partial charge in [0.25, 0.3) is 0 Å². The van der Waals surface area contributed by atoms with Gasteiger partial charge in [0.2, 0.25) is 0 Å². The van der Waals surface area contributed by atoms with Gasteiger partial charge in [-0.3, -0.25) is 9.69 Å². The molecule has 0 bridgehead atoms. The Hall–Kier alpha value is -1.30. The van der Waals surface area contributed by atoms with E-state index < -0.39 is 17.7 Å². The van der Waals surface area contributed by atoms with Gasteiger partial charge >= 0.3 is 12.1 Å². The van der Waals surface area contributed by atoms with Crippen LogP contribution < -0.4 is 5.32 Å². The molecule has 0 aromatic heterocycles. The monoisotopic (exact) mass is 214 g/mol. The number of nitrogens with one attached hydrogen (secondary N) is 1. The summed E-state index contributed by atoms with van der Waals surface area (Å²) in [5, 5.41) is 11.8. The number of ether oxygens (including phenoxy) is 1. The number of hydrogen-bond acceptors (Lipinski definition) is 4. The Labute approximate surface area is 87.2 Å². The number of piperidine rings is 1. The molecule has 0 saturated carbocycles. The van der Waals surface area contributed by atoms with Crippen LogP contribution in [0.1, 0.15) is 12.8 Å². The van der Waals surface area contributed by atoms with Gasteiger partial charge in [-0.25, -0.2) is 4.79 Å². The predicted octanol–water partition coefficient (Wildman–Crippen LogP) is -0.355. The highest BCUT2D eigenvalue weighted by Crippen LogP contribution is 2.30. The van der Waals surface area contributed by atoms with Gasteiger partial charge in [-0.05, 0) is 13.1 Å². The van der Waals surface area contributed by atoms with Crippen molar-refractivity contribution < 1.29 is 19.4 Å². The number of amides is 1. The van der Waals surface area contributed by atoms with E-state index in [0.717, 1.165) is 25.9 Å². The normalized spacial score (nSPS) is 24.3. The third-order valence-corrected chi connectivity index (χ3v) is 2.88. The molecule has 0 aromatic carbocycles. The highest BCUT2D eigenvalue weighted by Gasteiger charge is 2.46. The Morgan fingerprint density at radius 1 is 1.53 bits per heavy atom. The number of aliphatic carboxylic acids is 1. The lowest BCUT2D eigenvalue weighted by Gasteiger charge is -2.31. The molecule has 2 fully saturated rings. The van der Waals surface area contributed by atoms with Crippen molar-refractivity contribution in [3.8, 4) is 0 Å². The summed E-state index contributed by atoms with van der Waals surface area (Å²) in [6.45, 7) is 1.76. The molecule has 2 saturated heterocycles. The van der Waals surface area contributed by atoms with Crippen LogP contribution in [-0.4, -0.2) is 53.8 Å². The van der Waals surface area contributed by atoms with E-state index in [4.69, 9.17) is 9.84 Å². The molecule has 6 heteroatoms. The lowest BCUT2D eigenvalue weighted by molar-refractivity contribution is -0.137. The number of carbonyl (C=O) groups excluding carboxylic acids is 1. The Morgan fingerprint density at radius 2 is 2.20 bits per heavy atom. The first-order chi connectivity index (χ1) is 7.11. The summed E-state index contributed by atoms with van der Waals surface area (Å²) in [7, 11) is 0. The van der Waals surface area contributed by atoms with Gasteiger partial charge in [0.05, 0.1) is 6.54 Å². The van der Waals surface area contributed by atoms with Crippen molar-refractivity contribution in [3.63, 3.8) is 0 Å². The van der Waals surface area contributed by atoms with Crippen molar-refractivity contribution >= 4 is 12.1 Å². The number of rotatable bonds is 2. The van der Waals surface area contributed by atoms with Crippen molar-refractivity contribution in [2.45, 2.75) is 18.4 Å². The maximum absolute atomic E-state index is 11.4. The van der Waals surface area contributed by atoms with Crippen LogP contribution in [0.4, 0.5) is 4.79 Å². The van der Waals surface area contributed by atoms with Gasteiger partial charge in [0.15, 0.2) is 0 Å². The number of carboxylic acid groups (broad SMARTS) is 1. The second-order valence-electron chi connectivity index (χ2n) is 4.05. The molecule has 0 radical (unpaired) electrons. The molecule has 1 amide bonds. The third-order valence-electron chi connectivity index (χ3n) is 2.88. The maximum atomic E-state index is 11.4. The summed E-state index contributed by atoms with van der Waals surface area (Å²) in [6, 6.07) is 0. The fraction of sp³-hybridized carbons (Fsp3) is 0.778. The van der Waals surface area contributed by atoms with Crippen molar-refractivity contribution in [2.24, 2.45) is 0 Å². The molecule has 2 aliphatic rings. The molecular formula is C9H14N2O4. The van der Waals surface area contributed by atoms with Gasteiger partial charge in [-0.1, -0.05) is 0 Å². The first-order valence-electron chi connectivity index (χ1n) is 5.02. The minimum absolute atomic E-state index is 0.270. The largest absolute Gasteiger partial charge is 0.480 e. The van der Waals surface area contributed by atoms with Crippen molar-refractivity contribution in [3.05, 3.63) is 0 Å². The first-order valence-corrected chi connectivity index (χ1v) is 5.02. The van der Waals surface area contributed by atoms with E-state index in [1.807, 2.05) is 0 Å². The van der Waals surface area contributed by atoms with Crippen LogP contribution >= 0.6 is 0 Å². The Kier molecular flexibility index (Phi) is 2.52. The summed E-state index contributed by atoms with van der Waals surface area (Å²) < 4.78 is 5.29. The average Bonchev–Trinajstić information content (AvgIpc) is 2.43. The SMILES string of the molecule is O=C(O)CN1CC2(CCNCC2)OC1=O. The van der Waals surface area contributed by atoms with Crippen LogP contribution in [0.5, 0.6) is 0 Å². The molecule has 84 valence electrons. The lowest BCUT2D eigenvalue weighted by Crippen LogP contribution is -2.45. The molecule has 0 aliphatic carbocycles. The van der Waals surface area contributed by atoms with Crippen molar-refractivity contribution in [1.29, 1.82) is 0 Å². The number of hydrogen-bond donors (Lipinski definition) is 2. The van der Waals surface area contributed by atoms with Gasteiger partial charge < -0.3 is 15.2 Å². The zero-order valence-corrected chi connectivity index (χ0v) is 8.36. The minimum atomic E-state index is -1.00. The molecule has 0 aromatic rings. The van der Waals surface area contributed by atoms with E-state index in [0.29, 0.717) is 6.54 Å². The zero-order valence-electron chi connectivity index (χ0n) is 8.36. The Balaban J connectivity index is 2.01. The molecule has 15 heavy (non-hydrogen) atoms. The number of carbonyl (C=O) groups is 2. The Morgan fingerprint density at radius 3 is 2.80 bits per heavy atom. The summed E-state index contributed by atoms with van der Waals surface area (Å²) in [4.78, 5) is 23.2. The quantitative estimate of drug-likeness (QED) is 0.656. The molecule has 2 rings (SSSR count). The van der Waals surface area contributed by atoms with E-state index in [1.54, 1.807) is 0 Å². The summed E-state index contributed by atoms with van der Waals surface area (Å²) >= 11 is 0. The summed E-state index contributed by atoms with van der Waals surface area (Å²) in [5.74, 6) is -1.00. The van der Waals surface area contributed by atoms with Crippen LogP contribution in [0.3, 0.4) is 0 Å². The molecule has 0 atom stereocenters. The molecule has 2 aliphatic heterocycles. The van der Waals surface area contributed by atoms with Crippen LogP contribution in [-0.2, 0) is 9.53 Å². The van der Waals surface area contributed by atoms with Crippen molar-refractivity contribution in [2.75, 3.05) is 26.2 Å². The molecule has 2 heterocycles. The summed E-state index contributed by atoms with van der Waals surface area (Å²) in [5.41, 5.74) is -0.447. The molecule has 0 unspecified atom stereocenters. The predicted molar refractivity (Wildman–Crippen MR) is 50.5 cm³/mol. The van der Waals surface area contributed by atoms with Gasteiger partial charge in [0, 0.05) is 12.8 Å². The molecular weight excluding hydrogens is 200 g/mol. The smallest absolute Gasteiger partial charge is 0.411 e. The van der Waals surface area contributed by atoms with E-state index in [9.17, 15) is 9.59 Å². The lowest BCUT2D eigenvalue weighted by atomic mass is 9.92. The Bertz CT molecular complexity index is 286. The fourth-order valence-electron chi connectivity index (χ4n) is 2.12. The van der Waals surface area contributed by atoms with E-state index in [-0.39, 0.29) is 6.54 Å². The number of nitrogens with zero attached hydrogens (tertiary/aromatic N) is 1. The van der Waals surface area contributed by atoms with Crippen LogP contribution in [0.25, 0.3) is 0 Å². The average molecular weight is 214 g/mol. The minimum Gasteiger partial charge on any atom is -0.480 e. The van der Waals surface area contributed by atoms with Gasteiger partial charge in [0.1, 0.15) is 12.1 Å². The van der Waals surface area contributed by atoms with E-state index in [1.165, 1.54) is 4.90 Å². The topological polar surface area (TPSA) is 78.9 Å². The number of carboxylic acids is 1. The van der Waals surface area contributed by atoms with Gasteiger partial charge in [-0.15, -0.1) is 0 Å². The van der Waals surface area contributed by atoms with E-state index >= 15 is 0 Å². The van der Waals surface area contributed by atoms with E-state index in [2.05, 4.69) is 5.32 Å². The van der Waals surface area contributed by atoms with Crippen LogP contribution in [0.2, 0.25) is 0 Å². The molecule has 1 spiro atoms. The maximum Gasteiger partial charge on any atom is 0.411 e. The second kappa shape index (κ2) is 3.69. The first kappa shape index (κ1) is 10.2. The molecule has 2 N–H and O–H groups in total. The highest BCUT2D eigenvalue weighted by atomic mass is 16.6. The second-order valence-corrected chi connectivity index (χ2v) is 4.05. The highest BCUT2D eigenvalue weighted by molar-refractivity contribution is 5.78. The molecule has 6 nitrogen and oxygen atoms in total. The van der Waals surface area contributed by atoms with Crippen LogP contribution in [0, 0.1) is 0 Å². The standard InChI is InChI=1S/C9H14N2O4/c12-7(13)5-11-6-9(15-8(11)14)1-3-10-4-2-9/h10H,1-6H2,(H,12,13).